The molecule has 0 fully saturated rings. The smallest absolute Gasteiger partial charge is 0.317 e. The monoisotopic (exact) mass is 386 g/mol. The third-order valence-electron chi connectivity index (χ3n) is 4.67. The number of thiophene rings is 1. The lowest BCUT2D eigenvalue weighted by molar-refractivity contribution is -0.151. The number of hydrogen-bond donors (Lipinski definition) is 0. The van der Waals surface area contributed by atoms with Gasteiger partial charge in [-0.25, -0.2) is 0 Å². The summed E-state index contributed by atoms with van der Waals surface area (Å²) in [5.74, 6) is -0.436. The lowest BCUT2D eigenvalue weighted by atomic mass is 9.76. The Balaban J connectivity index is 2.03. The molecule has 0 bridgehead atoms. The van der Waals surface area contributed by atoms with Gasteiger partial charge in [0.15, 0.2) is 5.78 Å². The van der Waals surface area contributed by atoms with Crippen LogP contribution in [0.1, 0.15) is 29.7 Å². The fourth-order valence-corrected chi connectivity index (χ4v) is 4.27. The molecule has 142 valence electrons. The van der Waals surface area contributed by atoms with E-state index in [9.17, 15) is 9.59 Å². The van der Waals surface area contributed by atoms with Crippen LogP contribution in [0.3, 0.4) is 0 Å². The maximum atomic E-state index is 12.9. The number of hydrogen-bond acceptors (Lipinski definition) is 6. The molecule has 5 nitrogen and oxygen atoms in total. The van der Waals surface area contributed by atoms with Gasteiger partial charge in [0.25, 0.3) is 0 Å². The van der Waals surface area contributed by atoms with Crippen molar-refractivity contribution in [1.29, 1.82) is 0 Å². The van der Waals surface area contributed by atoms with Crippen LogP contribution in [-0.4, -0.2) is 32.6 Å². The Morgan fingerprint density at radius 2 is 2.04 bits per heavy atom. The molecule has 6 heteroatoms. The molecular weight excluding hydrogens is 364 g/mol. The molecular formula is C21H22O5S. The molecule has 0 saturated heterocycles. The fourth-order valence-electron chi connectivity index (χ4n) is 3.40. The number of rotatable bonds is 6. The van der Waals surface area contributed by atoms with Crippen molar-refractivity contribution in [3.8, 4) is 11.5 Å². The number of ketones is 1. The molecule has 1 heterocycles. The topological polar surface area (TPSA) is 61.8 Å². The predicted octanol–water partition coefficient (Wildman–Crippen LogP) is 4.08. The molecule has 1 aromatic heterocycles. The molecule has 3 rings (SSSR count). The quantitative estimate of drug-likeness (QED) is 0.553. The third-order valence-corrected chi connectivity index (χ3v) is 5.67. The van der Waals surface area contributed by atoms with E-state index in [1.54, 1.807) is 44.6 Å². The first-order valence-electron chi connectivity index (χ1n) is 8.75. The summed E-state index contributed by atoms with van der Waals surface area (Å²) in [5, 5.41) is 1.95. The van der Waals surface area contributed by atoms with Gasteiger partial charge in [-0.2, -0.15) is 0 Å². The molecule has 2 aromatic rings. The summed E-state index contributed by atoms with van der Waals surface area (Å²) in [7, 11) is 3.18. The Bertz CT molecular complexity index is 853. The number of carbonyl (C=O) groups is 2. The molecule has 0 N–H and O–H groups in total. The van der Waals surface area contributed by atoms with Crippen molar-refractivity contribution >= 4 is 28.7 Å². The van der Waals surface area contributed by atoms with E-state index in [0.717, 1.165) is 16.0 Å². The molecule has 1 aliphatic rings. The summed E-state index contributed by atoms with van der Waals surface area (Å²) in [4.78, 5) is 26.3. The second kappa shape index (κ2) is 8.39. The van der Waals surface area contributed by atoms with Crippen molar-refractivity contribution in [3.05, 3.63) is 52.2 Å². The zero-order chi connectivity index (χ0) is 19.4. The summed E-state index contributed by atoms with van der Waals surface area (Å²) in [6, 6.07) is 9.40. The van der Waals surface area contributed by atoms with Gasteiger partial charge in [-0.1, -0.05) is 6.07 Å². The highest BCUT2D eigenvalue weighted by molar-refractivity contribution is 7.10. The summed E-state index contributed by atoms with van der Waals surface area (Å²) in [6.07, 6.45) is 2.11. The molecule has 0 saturated carbocycles. The highest BCUT2D eigenvalue weighted by atomic mass is 32.1. The maximum Gasteiger partial charge on any atom is 0.317 e. The van der Waals surface area contributed by atoms with Crippen LogP contribution in [0.2, 0.25) is 0 Å². The van der Waals surface area contributed by atoms with Crippen molar-refractivity contribution in [2.24, 2.45) is 5.92 Å². The van der Waals surface area contributed by atoms with E-state index in [-0.39, 0.29) is 18.3 Å². The molecule has 2 atom stereocenters. The number of ether oxygens (including phenoxy) is 3. The van der Waals surface area contributed by atoms with E-state index >= 15 is 0 Å². The van der Waals surface area contributed by atoms with Crippen molar-refractivity contribution in [3.63, 3.8) is 0 Å². The summed E-state index contributed by atoms with van der Waals surface area (Å²) in [6.45, 7) is 2.00. The van der Waals surface area contributed by atoms with Gasteiger partial charge in [0, 0.05) is 22.4 Å². The van der Waals surface area contributed by atoms with Crippen LogP contribution in [-0.2, 0) is 14.3 Å². The van der Waals surface area contributed by atoms with Crippen LogP contribution in [0.5, 0.6) is 11.5 Å². The van der Waals surface area contributed by atoms with E-state index < -0.39 is 11.9 Å². The van der Waals surface area contributed by atoms with E-state index in [0.29, 0.717) is 17.9 Å². The first-order chi connectivity index (χ1) is 13.1. The second-order valence-electron chi connectivity index (χ2n) is 6.19. The van der Waals surface area contributed by atoms with Crippen molar-refractivity contribution in [1.82, 2.24) is 0 Å². The Morgan fingerprint density at radius 3 is 2.67 bits per heavy atom. The van der Waals surface area contributed by atoms with Gasteiger partial charge in [-0.3, -0.25) is 9.59 Å². The molecule has 0 radical (unpaired) electrons. The van der Waals surface area contributed by atoms with Gasteiger partial charge >= 0.3 is 5.97 Å². The van der Waals surface area contributed by atoms with Gasteiger partial charge in [-0.05, 0) is 48.6 Å². The zero-order valence-corrected chi connectivity index (χ0v) is 16.4. The Hall–Kier alpha value is -2.60. The van der Waals surface area contributed by atoms with E-state index in [1.165, 1.54) is 0 Å². The minimum absolute atomic E-state index is 0.231. The first-order valence-corrected chi connectivity index (χ1v) is 9.63. The molecule has 27 heavy (non-hydrogen) atoms. The van der Waals surface area contributed by atoms with Crippen molar-refractivity contribution in [2.45, 2.75) is 19.3 Å². The van der Waals surface area contributed by atoms with E-state index in [2.05, 4.69) is 0 Å². The average molecular weight is 386 g/mol. The molecule has 1 aromatic carbocycles. The van der Waals surface area contributed by atoms with Crippen LogP contribution >= 0.6 is 11.3 Å². The van der Waals surface area contributed by atoms with Crippen LogP contribution in [0.25, 0.3) is 5.57 Å². The highest BCUT2D eigenvalue weighted by Crippen LogP contribution is 2.44. The van der Waals surface area contributed by atoms with Gasteiger partial charge < -0.3 is 14.2 Å². The van der Waals surface area contributed by atoms with Gasteiger partial charge in [0.05, 0.1) is 20.8 Å². The number of benzene rings is 1. The number of methoxy groups -OCH3 is 2. The van der Waals surface area contributed by atoms with E-state index in [1.807, 2.05) is 29.6 Å². The fraction of sp³-hybridized carbons (Fsp3) is 0.333. The highest BCUT2D eigenvalue weighted by Gasteiger charge is 2.40. The third kappa shape index (κ3) is 3.90. The molecule has 0 unspecified atom stereocenters. The zero-order valence-electron chi connectivity index (χ0n) is 15.6. The second-order valence-corrected chi connectivity index (χ2v) is 7.17. The number of allylic oxidation sites excluding steroid dienone is 2. The van der Waals surface area contributed by atoms with Crippen molar-refractivity contribution in [2.75, 3.05) is 20.8 Å². The Labute approximate surface area is 162 Å². The van der Waals surface area contributed by atoms with Gasteiger partial charge in [0.2, 0.25) is 0 Å². The minimum atomic E-state index is -0.809. The number of esters is 1. The predicted molar refractivity (Wildman–Crippen MR) is 104 cm³/mol. The lowest BCUT2D eigenvalue weighted by Gasteiger charge is -2.29. The summed E-state index contributed by atoms with van der Waals surface area (Å²) < 4.78 is 15.9. The lowest BCUT2D eigenvalue weighted by Crippen LogP contribution is -2.33. The molecule has 0 aliphatic heterocycles. The van der Waals surface area contributed by atoms with E-state index in [4.69, 9.17) is 14.2 Å². The number of carbonyl (C=O) groups excluding carboxylic acids is 2. The van der Waals surface area contributed by atoms with Crippen molar-refractivity contribution < 1.29 is 23.8 Å². The minimum Gasteiger partial charge on any atom is -0.497 e. The van der Waals surface area contributed by atoms with Crippen LogP contribution < -0.4 is 9.47 Å². The van der Waals surface area contributed by atoms with Gasteiger partial charge in [-0.15, -0.1) is 11.3 Å². The molecule has 1 aliphatic carbocycles. The summed E-state index contributed by atoms with van der Waals surface area (Å²) in [5.41, 5.74) is 1.67. The van der Waals surface area contributed by atoms with Crippen LogP contribution in [0.4, 0.5) is 0 Å². The standard InChI is InChI=1S/C21H22O5S/c1-4-26-21(23)20-16(19-6-5-9-27-19)10-13(11-17(20)22)15-8-7-14(24-2)12-18(15)25-3/h5-9,11-12,16,20H,4,10H2,1-3H3/t16-,20+/m0/s1. The molecule has 0 spiro atoms. The normalized spacial score (nSPS) is 19.4. The van der Waals surface area contributed by atoms with Crippen LogP contribution in [0, 0.1) is 5.92 Å². The van der Waals surface area contributed by atoms with Gasteiger partial charge in [0.1, 0.15) is 17.4 Å². The summed E-state index contributed by atoms with van der Waals surface area (Å²) >= 11 is 1.55. The van der Waals surface area contributed by atoms with Crippen LogP contribution in [0.15, 0.2) is 41.8 Å². The largest absolute Gasteiger partial charge is 0.497 e. The molecule has 0 amide bonds. The first kappa shape index (κ1) is 19.2. The maximum absolute atomic E-state index is 12.9. The SMILES string of the molecule is CCOC(=O)[C@H]1C(=O)C=C(c2ccc(OC)cc2OC)C[C@H]1c1cccs1. The average Bonchev–Trinajstić information content (AvgIpc) is 3.21. The Kier molecular flexibility index (Phi) is 5.96. The Morgan fingerprint density at radius 1 is 1.22 bits per heavy atom.